The monoisotopic (exact) mass is 684 g/mol. The van der Waals surface area contributed by atoms with Gasteiger partial charge in [0, 0.05) is 54.9 Å². The first-order valence-electron chi connectivity index (χ1n) is 13.3. The van der Waals surface area contributed by atoms with E-state index in [0.29, 0.717) is 24.3 Å². The van der Waals surface area contributed by atoms with Gasteiger partial charge >= 0.3 is 24.7 Å². The number of aromatic nitrogens is 2. The summed E-state index contributed by atoms with van der Waals surface area (Å²) in [5.41, 5.74) is -6.16. The van der Waals surface area contributed by atoms with E-state index in [1.807, 2.05) is 0 Å². The molecular formula is C32H12F12N2S. The number of hydrogen-bond acceptors (Lipinski definition) is 3. The van der Waals surface area contributed by atoms with E-state index in [-0.39, 0.29) is 66.0 Å². The molecule has 3 heterocycles. The van der Waals surface area contributed by atoms with Crippen molar-refractivity contribution in [2.24, 2.45) is 0 Å². The normalized spacial score (nSPS) is 14.3. The number of thiophene rings is 1. The number of fused-ring (bicyclic) bond motifs is 7. The van der Waals surface area contributed by atoms with Crippen LogP contribution in [0.3, 0.4) is 0 Å². The van der Waals surface area contributed by atoms with Crippen LogP contribution >= 0.6 is 11.3 Å². The fourth-order valence-corrected chi connectivity index (χ4v) is 7.33. The summed E-state index contributed by atoms with van der Waals surface area (Å²) in [6.45, 7) is 0. The van der Waals surface area contributed by atoms with Crippen LogP contribution in [0, 0.1) is 0 Å². The van der Waals surface area contributed by atoms with E-state index in [9.17, 15) is 52.7 Å². The standard InChI is InChI=1S/C32H12F12N2S/c33-29(34,35)15-7-13(8-16(11-15)30(36,37)38)21-19-3-1-5-45-25(19)23-24-26-20(4-2-6-46-26)22(28(24)47-27(21)23)14-9-17(31(39,40)41)12-18(10-14)32(42,43)44/h1-12H. The Labute approximate surface area is 259 Å². The van der Waals surface area contributed by atoms with E-state index in [0.717, 1.165) is 11.3 Å². The number of alkyl halides is 12. The summed E-state index contributed by atoms with van der Waals surface area (Å²) in [5, 5.41) is 0. The van der Waals surface area contributed by atoms with Crippen molar-refractivity contribution in [1.29, 1.82) is 0 Å². The molecule has 0 saturated carbocycles. The average molecular weight is 685 g/mol. The zero-order chi connectivity index (χ0) is 33.8. The highest BCUT2D eigenvalue weighted by molar-refractivity contribution is 7.09. The summed E-state index contributed by atoms with van der Waals surface area (Å²) in [5.74, 6) is 0. The first-order valence-corrected chi connectivity index (χ1v) is 14.1. The average Bonchev–Trinajstić information content (AvgIpc) is 3.60. The molecule has 0 radical (unpaired) electrons. The molecule has 3 aromatic heterocycles. The van der Waals surface area contributed by atoms with Crippen LogP contribution in [0.5, 0.6) is 0 Å². The van der Waals surface area contributed by atoms with Crippen LogP contribution in [0.25, 0.3) is 33.7 Å². The summed E-state index contributed by atoms with van der Waals surface area (Å²) in [4.78, 5) is 8.68. The predicted molar refractivity (Wildman–Crippen MR) is 146 cm³/mol. The minimum atomic E-state index is -5.16. The van der Waals surface area contributed by atoms with Crippen molar-refractivity contribution in [2.75, 3.05) is 0 Å². The first-order chi connectivity index (χ1) is 21.8. The van der Waals surface area contributed by atoms with Gasteiger partial charge in [0.1, 0.15) is 0 Å². The molecule has 47 heavy (non-hydrogen) atoms. The number of nitrogens with zero attached hydrogens (tertiary/aromatic N) is 2. The Kier molecular flexibility index (Phi) is 6.54. The molecule has 15 heteroatoms. The fraction of sp³-hybridized carbons (Fsp3) is 0.125. The van der Waals surface area contributed by atoms with Crippen LogP contribution < -0.4 is 9.06 Å². The fourth-order valence-electron chi connectivity index (χ4n) is 5.86. The molecule has 2 nitrogen and oxygen atoms in total. The Balaban J connectivity index is 1.63. The lowest BCUT2D eigenvalue weighted by atomic mass is 9.96. The SMILES string of the molecule is FC(F)(F)c1cc(C2=c3sc4c(c3-c3ncccc32)-c2ncccc2C=4c2cc(C(F)(F)F)cc(C(F)(F)F)c2)cc(C(F)(F)F)c1. The lowest BCUT2D eigenvalue weighted by molar-refractivity contribution is -0.144. The van der Waals surface area contributed by atoms with Crippen LogP contribution in [0.15, 0.2) is 73.1 Å². The number of pyridine rings is 2. The molecule has 7 rings (SSSR count). The van der Waals surface area contributed by atoms with Crippen LogP contribution in [0.4, 0.5) is 52.7 Å². The van der Waals surface area contributed by atoms with Crippen LogP contribution in [0.1, 0.15) is 44.5 Å². The zero-order valence-electron chi connectivity index (χ0n) is 22.8. The van der Waals surface area contributed by atoms with Gasteiger partial charge in [0.05, 0.1) is 33.6 Å². The van der Waals surface area contributed by atoms with Crippen molar-refractivity contribution in [3.05, 3.63) is 127 Å². The molecule has 0 spiro atoms. The number of rotatable bonds is 2. The van der Waals surface area contributed by atoms with Gasteiger partial charge in [0.15, 0.2) is 0 Å². The molecule has 240 valence electrons. The van der Waals surface area contributed by atoms with Crippen molar-refractivity contribution in [3.8, 4) is 22.5 Å². The molecular weight excluding hydrogens is 672 g/mol. The summed E-state index contributed by atoms with van der Waals surface area (Å²) in [6, 6.07) is 7.95. The predicted octanol–water partition coefficient (Wildman–Crippen LogP) is 9.07. The van der Waals surface area contributed by atoms with Crippen LogP contribution in [0.2, 0.25) is 0 Å². The van der Waals surface area contributed by atoms with E-state index in [4.69, 9.17) is 0 Å². The molecule has 0 fully saturated rings. The molecule has 0 unspecified atom stereocenters. The van der Waals surface area contributed by atoms with Crippen molar-refractivity contribution in [3.63, 3.8) is 0 Å². The highest BCUT2D eigenvalue weighted by Gasteiger charge is 2.41. The summed E-state index contributed by atoms with van der Waals surface area (Å²) >= 11 is 0.804. The first kappa shape index (κ1) is 31.0. The molecule has 0 saturated heterocycles. The number of halogens is 12. The molecule has 0 bridgehead atoms. The van der Waals surface area contributed by atoms with Gasteiger partial charge in [-0.2, -0.15) is 52.7 Å². The second kappa shape index (κ2) is 9.92. The lowest BCUT2D eigenvalue weighted by Gasteiger charge is -2.15. The minimum Gasteiger partial charge on any atom is -0.256 e. The summed E-state index contributed by atoms with van der Waals surface area (Å²) in [6.07, 6.45) is -18.0. The second-order valence-electron chi connectivity index (χ2n) is 10.6. The highest BCUT2D eigenvalue weighted by Crippen LogP contribution is 2.47. The van der Waals surface area contributed by atoms with Gasteiger partial charge < -0.3 is 0 Å². The van der Waals surface area contributed by atoms with Crippen molar-refractivity contribution >= 4 is 22.5 Å². The van der Waals surface area contributed by atoms with E-state index in [1.165, 1.54) is 36.7 Å². The minimum absolute atomic E-state index is 0.0175. The van der Waals surface area contributed by atoms with E-state index in [1.54, 1.807) is 0 Å². The Morgan fingerprint density at radius 2 is 0.766 bits per heavy atom. The van der Waals surface area contributed by atoms with E-state index >= 15 is 0 Å². The maximum absolute atomic E-state index is 13.8. The van der Waals surface area contributed by atoms with E-state index in [2.05, 4.69) is 9.97 Å². The molecule has 0 amide bonds. The van der Waals surface area contributed by atoms with Crippen LogP contribution in [-0.4, -0.2) is 9.97 Å². The van der Waals surface area contributed by atoms with Gasteiger partial charge in [-0.05, 0) is 59.7 Å². The molecule has 0 atom stereocenters. The van der Waals surface area contributed by atoms with Gasteiger partial charge in [-0.15, -0.1) is 11.3 Å². The maximum Gasteiger partial charge on any atom is 0.416 e. The van der Waals surface area contributed by atoms with Crippen molar-refractivity contribution < 1.29 is 52.7 Å². The number of hydrogen-bond donors (Lipinski definition) is 0. The second-order valence-corrected chi connectivity index (χ2v) is 11.7. The highest BCUT2D eigenvalue weighted by atomic mass is 32.1. The third kappa shape index (κ3) is 4.98. The Bertz CT molecular complexity index is 2030. The third-order valence-corrected chi connectivity index (χ3v) is 8.97. The Hall–Kier alpha value is -4.66. The molecule has 2 aliphatic carbocycles. The summed E-state index contributed by atoms with van der Waals surface area (Å²) < 4.78 is 166. The lowest BCUT2D eigenvalue weighted by Crippen LogP contribution is -2.13. The molecule has 5 aromatic rings. The van der Waals surface area contributed by atoms with Gasteiger partial charge in [-0.25, -0.2) is 0 Å². The quantitative estimate of drug-likeness (QED) is 0.170. The van der Waals surface area contributed by atoms with Crippen LogP contribution in [-0.2, 0) is 24.7 Å². The molecule has 0 aliphatic heterocycles. The Morgan fingerprint density at radius 3 is 1.06 bits per heavy atom. The topological polar surface area (TPSA) is 25.8 Å². The largest absolute Gasteiger partial charge is 0.416 e. The van der Waals surface area contributed by atoms with Gasteiger partial charge in [-0.3, -0.25) is 9.97 Å². The van der Waals surface area contributed by atoms with E-state index < -0.39 is 58.1 Å². The molecule has 2 aromatic carbocycles. The van der Waals surface area contributed by atoms with Crippen molar-refractivity contribution in [1.82, 2.24) is 9.97 Å². The third-order valence-electron chi connectivity index (χ3n) is 7.74. The number of benzene rings is 2. The maximum atomic E-state index is 13.8. The summed E-state index contributed by atoms with van der Waals surface area (Å²) in [7, 11) is 0. The van der Waals surface area contributed by atoms with Gasteiger partial charge in [0.2, 0.25) is 0 Å². The molecule has 2 aliphatic rings. The van der Waals surface area contributed by atoms with Gasteiger partial charge in [-0.1, -0.05) is 12.1 Å². The van der Waals surface area contributed by atoms with Crippen molar-refractivity contribution in [2.45, 2.75) is 24.7 Å². The zero-order valence-corrected chi connectivity index (χ0v) is 23.6. The Morgan fingerprint density at radius 1 is 0.447 bits per heavy atom. The molecule has 0 N–H and O–H groups in total. The smallest absolute Gasteiger partial charge is 0.256 e. The van der Waals surface area contributed by atoms with Gasteiger partial charge in [0.25, 0.3) is 0 Å².